The maximum atomic E-state index is 9.42. The van der Waals surface area contributed by atoms with E-state index in [0.717, 1.165) is 55.9 Å². The number of hydrogen-bond acceptors (Lipinski definition) is 3. The molecule has 0 atom stereocenters. The van der Waals surface area contributed by atoms with Crippen LogP contribution in [0, 0.1) is 11.3 Å². The largest absolute Gasteiger partial charge is 0.322 e. The average molecular weight is 268 g/mol. The molecule has 0 amide bonds. The summed E-state index contributed by atoms with van der Waals surface area (Å²) in [7, 11) is 0. The van der Waals surface area contributed by atoms with Crippen molar-refractivity contribution in [2.45, 2.75) is 13.5 Å². The van der Waals surface area contributed by atoms with Crippen LogP contribution in [-0.2, 0) is 6.54 Å². The van der Waals surface area contributed by atoms with Crippen LogP contribution in [0.3, 0.4) is 0 Å². The van der Waals surface area contributed by atoms with Crippen LogP contribution in [0.25, 0.3) is 5.52 Å². The van der Waals surface area contributed by atoms with Crippen molar-refractivity contribution in [3.63, 3.8) is 0 Å². The second-order valence-electron chi connectivity index (χ2n) is 5.34. The Hall–Kier alpha value is -1.83. The first kappa shape index (κ1) is 13.2. The Bertz CT molecular complexity index is 629. The van der Waals surface area contributed by atoms with Gasteiger partial charge in [0.15, 0.2) is 0 Å². The highest BCUT2D eigenvalue weighted by Gasteiger charge is 2.18. The zero-order valence-electron chi connectivity index (χ0n) is 11.9. The quantitative estimate of drug-likeness (QED) is 0.853. The van der Waals surface area contributed by atoms with Gasteiger partial charge in [0.25, 0.3) is 0 Å². The lowest BCUT2D eigenvalue weighted by Crippen LogP contribution is -2.45. The van der Waals surface area contributed by atoms with Crippen LogP contribution >= 0.6 is 0 Å². The summed E-state index contributed by atoms with van der Waals surface area (Å²) in [6.45, 7) is 8.66. The monoisotopic (exact) mass is 268 g/mol. The molecule has 3 heterocycles. The van der Waals surface area contributed by atoms with Gasteiger partial charge in [-0.2, -0.15) is 5.26 Å². The molecule has 0 radical (unpaired) electrons. The van der Waals surface area contributed by atoms with Crippen LogP contribution in [-0.4, -0.2) is 46.9 Å². The van der Waals surface area contributed by atoms with Crippen LogP contribution < -0.4 is 0 Å². The number of aromatic nitrogens is 1. The molecule has 0 bridgehead atoms. The molecule has 1 aliphatic heterocycles. The highest BCUT2D eigenvalue weighted by atomic mass is 15.3. The molecule has 0 aromatic carbocycles. The molecule has 0 N–H and O–H groups in total. The van der Waals surface area contributed by atoms with Crippen molar-refractivity contribution in [2.24, 2.45) is 0 Å². The lowest BCUT2D eigenvalue weighted by atomic mass is 10.1. The van der Waals surface area contributed by atoms with E-state index in [1.54, 1.807) is 0 Å². The van der Waals surface area contributed by atoms with E-state index in [4.69, 9.17) is 0 Å². The number of piperazine rings is 1. The van der Waals surface area contributed by atoms with Gasteiger partial charge in [-0.05, 0) is 18.7 Å². The standard InChI is InChI=1S/C16H20N4/c1-2-18-7-9-19(10-8-18)12-14-13-20-6-4-3-5-16(20)15(14)11-17/h3-6,13H,2,7-10,12H2,1H3. The van der Waals surface area contributed by atoms with Gasteiger partial charge in [0, 0.05) is 50.7 Å². The van der Waals surface area contributed by atoms with E-state index < -0.39 is 0 Å². The van der Waals surface area contributed by atoms with E-state index in [-0.39, 0.29) is 0 Å². The Morgan fingerprint density at radius 2 is 1.90 bits per heavy atom. The molecule has 3 rings (SSSR count). The average Bonchev–Trinajstić information content (AvgIpc) is 2.85. The van der Waals surface area contributed by atoms with Crippen molar-refractivity contribution in [3.8, 4) is 6.07 Å². The second kappa shape index (κ2) is 5.66. The van der Waals surface area contributed by atoms with E-state index >= 15 is 0 Å². The predicted molar refractivity (Wildman–Crippen MR) is 79.5 cm³/mol. The summed E-state index contributed by atoms with van der Waals surface area (Å²) in [4.78, 5) is 4.92. The fraction of sp³-hybridized carbons (Fsp3) is 0.438. The third kappa shape index (κ3) is 2.43. The molecule has 0 unspecified atom stereocenters. The van der Waals surface area contributed by atoms with Crippen molar-refractivity contribution in [3.05, 3.63) is 41.7 Å². The lowest BCUT2D eigenvalue weighted by Gasteiger charge is -2.33. The van der Waals surface area contributed by atoms with E-state index in [2.05, 4.69) is 33.4 Å². The number of nitriles is 1. The van der Waals surface area contributed by atoms with Crippen molar-refractivity contribution in [1.29, 1.82) is 5.26 Å². The maximum absolute atomic E-state index is 9.42. The molecule has 104 valence electrons. The van der Waals surface area contributed by atoms with E-state index in [9.17, 15) is 5.26 Å². The smallest absolute Gasteiger partial charge is 0.102 e. The van der Waals surface area contributed by atoms with Crippen LogP contribution in [0.2, 0.25) is 0 Å². The number of pyridine rings is 1. The fourth-order valence-corrected chi connectivity index (χ4v) is 2.93. The Morgan fingerprint density at radius 3 is 2.60 bits per heavy atom. The minimum Gasteiger partial charge on any atom is -0.322 e. The molecule has 0 saturated carbocycles. The van der Waals surface area contributed by atoms with Gasteiger partial charge in [-0.3, -0.25) is 4.90 Å². The topological polar surface area (TPSA) is 34.7 Å². The van der Waals surface area contributed by atoms with Crippen LogP contribution in [0.15, 0.2) is 30.6 Å². The van der Waals surface area contributed by atoms with Crippen LogP contribution in [0.1, 0.15) is 18.1 Å². The summed E-state index contributed by atoms with van der Waals surface area (Å²) in [5.41, 5.74) is 2.98. The van der Waals surface area contributed by atoms with Gasteiger partial charge < -0.3 is 9.30 Å². The number of likely N-dealkylation sites (N-methyl/N-ethyl adjacent to an activating group) is 1. The third-order valence-electron chi connectivity index (χ3n) is 4.18. The van der Waals surface area contributed by atoms with Crippen molar-refractivity contribution >= 4 is 5.52 Å². The molecule has 1 fully saturated rings. The summed E-state index contributed by atoms with van der Waals surface area (Å²) in [6.07, 6.45) is 4.11. The molecule has 1 aliphatic rings. The molecule has 4 heteroatoms. The third-order valence-corrected chi connectivity index (χ3v) is 4.18. The highest BCUT2D eigenvalue weighted by Crippen LogP contribution is 2.20. The Morgan fingerprint density at radius 1 is 1.15 bits per heavy atom. The first-order chi connectivity index (χ1) is 9.81. The Kier molecular flexibility index (Phi) is 3.72. The maximum Gasteiger partial charge on any atom is 0.102 e. The first-order valence-corrected chi connectivity index (χ1v) is 7.25. The van der Waals surface area contributed by atoms with Crippen LogP contribution in [0.4, 0.5) is 0 Å². The molecule has 2 aromatic heterocycles. The summed E-state index contributed by atoms with van der Waals surface area (Å²) in [5, 5.41) is 9.42. The van der Waals surface area contributed by atoms with Crippen molar-refractivity contribution in [1.82, 2.24) is 14.2 Å². The van der Waals surface area contributed by atoms with Gasteiger partial charge in [0.05, 0.1) is 11.1 Å². The Balaban J connectivity index is 1.80. The minimum atomic E-state index is 0.823. The molecule has 2 aromatic rings. The number of nitrogens with zero attached hydrogens (tertiary/aromatic N) is 4. The van der Waals surface area contributed by atoms with Crippen LogP contribution in [0.5, 0.6) is 0 Å². The summed E-state index contributed by atoms with van der Waals surface area (Å²) in [6, 6.07) is 8.37. The minimum absolute atomic E-state index is 0.823. The zero-order chi connectivity index (χ0) is 13.9. The number of fused-ring (bicyclic) bond motifs is 1. The fourth-order valence-electron chi connectivity index (χ4n) is 2.93. The molecule has 0 aliphatic carbocycles. The van der Waals surface area contributed by atoms with Gasteiger partial charge >= 0.3 is 0 Å². The number of rotatable bonds is 3. The molecule has 1 saturated heterocycles. The highest BCUT2D eigenvalue weighted by molar-refractivity contribution is 5.65. The summed E-state index contributed by atoms with van der Waals surface area (Å²) >= 11 is 0. The van der Waals surface area contributed by atoms with Gasteiger partial charge in [0.1, 0.15) is 6.07 Å². The zero-order valence-corrected chi connectivity index (χ0v) is 11.9. The Labute approximate surface area is 119 Å². The predicted octanol–water partition coefficient (Wildman–Crippen LogP) is 1.95. The summed E-state index contributed by atoms with van der Waals surface area (Å²) in [5.74, 6) is 0. The van der Waals surface area contributed by atoms with Gasteiger partial charge in [-0.15, -0.1) is 0 Å². The number of hydrogen-bond donors (Lipinski definition) is 0. The second-order valence-corrected chi connectivity index (χ2v) is 5.34. The van der Waals surface area contributed by atoms with E-state index in [1.165, 1.54) is 0 Å². The molecule has 20 heavy (non-hydrogen) atoms. The van der Waals surface area contributed by atoms with Crippen molar-refractivity contribution in [2.75, 3.05) is 32.7 Å². The lowest BCUT2D eigenvalue weighted by molar-refractivity contribution is 0.132. The summed E-state index contributed by atoms with van der Waals surface area (Å²) < 4.78 is 2.05. The van der Waals surface area contributed by atoms with E-state index in [0.29, 0.717) is 0 Å². The van der Waals surface area contributed by atoms with Gasteiger partial charge in [0.2, 0.25) is 0 Å². The van der Waals surface area contributed by atoms with Crippen molar-refractivity contribution < 1.29 is 0 Å². The molecular weight excluding hydrogens is 248 g/mol. The molecule has 4 nitrogen and oxygen atoms in total. The molecular formula is C16H20N4. The molecule has 0 spiro atoms. The van der Waals surface area contributed by atoms with Gasteiger partial charge in [-0.1, -0.05) is 13.0 Å². The van der Waals surface area contributed by atoms with E-state index in [1.807, 2.05) is 24.4 Å². The SMILES string of the molecule is CCN1CCN(Cc2cn3ccccc3c2C#N)CC1. The first-order valence-electron chi connectivity index (χ1n) is 7.25. The van der Waals surface area contributed by atoms with Gasteiger partial charge in [-0.25, -0.2) is 0 Å². The normalized spacial score (nSPS) is 17.4.